The summed E-state index contributed by atoms with van der Waals surface area (Å²) in [6.45, 7) is 6.18. The first kappa shape index (κ1) is 17.1. The van der Waals surface area contributed by atoms with Gasteiger partial charge in [-0.15, -0.1) is 4.65 Å². The molecule has 1 rings (SSSR count). The van der Waals surface area contributed by atoms with E-state index in [1.165, 1.54) is 17.2 Å². The van der Waals surface area contributed by atoms with Crippen molar-refractivity contribution in [3.8, 4) is 0 Å². The Morgan fingerprint density at radius 2 is 1.89 bits per heavy atom. The van der Waals surface area contributed by atoms with E-state index in [-0.39, 0.29) is 28.6 Å². The largest absolute Gasteiger partial charge is 1.00 e. The van der Waals surface area contributed by atoms with E-state index in [4.69, 9.17) is 4.84 Å². The second kappa shape index (κ2) is 7.53. The summed E-state index contributed by atoms with van der Waals surface area (Å²) in [5.41, 5.74) is 2.49. The monoisotopic (exact) mass is 361 g/mol. The third-order valence-corrected chi connectivity index (χ3v) is 2.55. The molecule has 1 aromatic carbocycles. The summed E-state index contributed by atoms with van der Waals surface area (Å²) >= 11 is 0. The Kier molecular flexibility index (Phi) is 7.16. The van der Waals surface area contributed by atoms with E-state index in [0.29, 0.717) is 6.54 Å². The van der Waals surface area contributed by atoms with E-state index in [2.05, 4.69) is 25.6 Å². The van der Waals surface area contributed by atoms with Gasteiger partial charge in [-0.3, -0.25) is 4.84 Å². The SMILES string of the molecule is C=CC(=O)O[N+](C)(C)Cc1ccccc1CC.[I-]. The van der Waals surface area contributed by atoms with Gasteiger partial charge in [-0.05, 0) is 12.0 Å². The highest BCUT2D eigenvalue weighted by Crippen LogP contribution is 2.15. The maximum absolute atomic E-state index is 11.2. The van der Waals surface area contributed by atoms with Gasteiger partial charge in [0.25, 0.3) is 0 Å². The van der Waals surface area contributed by atoms with Crippen molar-refractivity contribution in [3.05, 3.63) is 48.0 Å². The van der Waals surface area contributed by atoms with Crippen LogP contribution in [0.4, 0.5) is 0 Å². The maximum Gasteiger partial charge on any atom is 0.389 e. The van der Waals surface area contributed by atoms with Crippen LogP contribution in [-0.2, 0) is 22.6 Å². The highest BCUT2D eigenvalue weighted by Gasteiger charge is 2.22. The van der Waals surface area contributed by atoms with Crippen molar-refractivity contribution in [1.82, 2.24) is 0 Å². The van der Waals surface area contributed by atoms with Gasteiger partial charge in [-0.1, -0.05) is 37.8 Å². The van der Waals surface area contributed by atoms with Gasteiger partial charge in [-0.2, -0.15) is 0 Å². The molecule has 4 heteroatoms. The molecule has 18 heavy (non-hydrogen) atoms. The van der Waals surface area contributed by atoms with Crippen LogP contribution in [0.2, 0.25) is 0 Å². The number of hydrogen-bond acceptors (Lipinski definition) is 2. The van der Waals surface area contributed by atoms with Crippen LogP contribution in [0.3, 0.4) is 0 Å². The second-order valence-corrected chi connectivity index (χ2v) is 4.47. The highest BCUT2D eigenvalue weighted by molar-refractivity contribution is 5.80. The number of hydroxylamine groups is 3. The van der Waals surface area contributed by atoms with Crippen molar-refractivity contribution >= 4 is 5.97 Å². The number of hydrogen-bond donors (Lipinski definition) is 0. The predicted molar refractivity (Wildman–Crippen MR) is 67.9 cm³/mol. The summed E-state index contributed by atoms with van der Waals surface area (Å²) in [5.74, 6) is -0.399. The Bertz CT molecular complexity index is 416. The van der Waals surface area contributed by atoms with E-state index in [9.17, 15) is 4.79 Å². The van der Waals surface area contributed by atoms with Crippen LogP contribution in [0.25, 0.3) is 0 Å². The average Bonchev–Trinajstić information content (AvgIpc) is 2.28. The minimum Gasteiger partial charge on any atom is -1.00 e. The Balaban J connectivity index is 0.00000289. The molecule has 1 aromatic rings. The fourth-order valence-electron chi connectivity index (χ4n) is 1.78. The molecule has 0 atom stereocenters. The number of rotatable bonds is 5. The molecule has 3 nitrogen and oxygen atoms in total. The maximum atomic E-state index is 11.2. The number of benzene rings is 1. The summed E-state index contributed by atoms with van der Waals surface area (Å²) < 4.78 is 0.169. The fraction of sp³-hybridized carbons (Fsp3) is 0.357. The first-order valence-corrected chi connectivity index (χ1v) is 5.74. The van der Waals surface area contributed by atoms with Crippen molar-refractivity contribution in [2.75, 3.05) is 14.1 Å². The van der Waals surface area contributed by atoms with Crippen molar-refractivity contribution < 1.29 is 38.3 Å². The lowest BCUT2D eigenvalue weighted by Gasteiger charge is -2.26. The molecule has 0 saturated carbocycles. The topological polar surface area (TPSA) is 26.3 Å². The van der Waals surface area contributed by atoms with Gasteiger partial charge in [0.2, 0.25) is 0 Å². The highest BCUT2D eigenvalue weighted by atomic mass is 127. The van der Waals surface area contributed by atoms with Gasteiger partial charge in [0, 0.05) is 11.6 Å². The summed E-state index contributed by atoms with van der Waals surface area (Å²) in [5, 5.41) is 0. The molecule has 0 heterocycles. The average molecular weight is 361 g/mol. The first-order chi connectivity index (χ1) is 7.98. The van der Waals surface area contributed by atoms with Crippen molar-refractivity contribution in [2.45, 2.75) is 19.9 Å². The van der Waals surface area contributed by atoms with Crippen LogP contribution in [0.1, 0.15) is 18.1 Å². The molecular weight excluding hydrogens is 341 g/mol. The number of aryl methyl sites for hydroxylation is 1. The molecule has 0 bridgehead atoms. The van der Waals surface area contributed by atoms with Crippen LogP contribution in [0.5, 0.6) is 0 Å². The molecule has 0 amide bonds. The van der Waals surface area contributed by atoms with Crippen LogP contribution in [0, 0.1) is 0 Å². The predicted octanol–water partition coefficient (Wildman–Crippen LogP) is -0.526. The zero-order chi connectivity index (χ0) is 12.9. The van der Waals surface area contributed by atoms with Gasteiger partial charge in [0.05, 0.1) is 0 Å². The van der Waals surface area contributed by atoms with Gasteiger partial charge < -0.3 is 24.0 Å². The molecule has 0 unspecified atom stereocenters. The molecular formula is C14H20INO2. The van der Waals surface area contributed by atoms with Gasteiger partial charge in [0.1, 0.15) is 20.6 Å². The van der Waals surface area contributed by atoms with E-state index in [1.807, 2.05) is 26.2 Å². The lowest BCUT2D eigenvalue weighted by atomic mass is 10.1. The Hall–Kier alpha value is -0.880. The van der Waals surface area contributed by atoms with Crippen LogP contribution in [-0.4, -0.2) is 24.7 Å². The zero-order valence-corrected chi connectivity index (χ0v) is 13.3. The molecule has 0 aliphatic rings. The molecule has 100 valence electrons. The third kappa shape index (κ3) is 5.18. The number of quaternary nitrogens is 1. The van der Waals surface area contributed by atoms with E-state index >= 15 is 0 Å². The molecule has 0 aromatic heterocycles. The molecule has 0 fully saturated rings. The third-order valence-electron chi connectivity index (χ3n) is 2.55. The molecule has 0 radical (unpaired) electrons. The standard InChI is InChI=1S/C14H20NO2.HI/c1-5-12-9-7-8-10-13(12)11-15(3,4)17-14(16)6-2;/h6-10H,2,5,11H2,1,3-4H3;1H/q+1;/p-1. The fourth-order valence-corrected chi connectivity index (χ4v) is 1.78. The van der Waals surface area contributed by atoms with Crippen LogP contribution >= 0.6 is 0 Å². The number of halogens is 1. The minimum atomic E-state index is -0.399. The number of nitrogens with zero attached hydrogens (tertiary/aromatic N) is 1. The van der Waals surface area contributed by atoms with E-state index < -0.39 is 5.97 Å². The lowest BCUT2D eigenvalue weighted by Crippen LogP contribution is -3.00. The zero-order valence-electron chi connectivity index (χ0n) is 11.1. The molecule has 0 saturated heterocycles. The summed E-state index contributed by atoms with van der Waals surface area (Å²) in [4.78, 5) is 16.5. The lowest BCUT2D eigenvalue weighted by molar-refractivity contribution is -1.07. The van der Waals surface area contributed by atoms with Crippen molar-refractivity contribution in [3.63, 3.8) is 0 Å². The summed E-state index contributed by atoms with van der Waals surface area (Å²) in [6, 6.07) is 8.20. The van der Waals surface area contributed by atoms with Crippen LogP contribution in [0.15, 0.2) is 36.9 Å². The Morgan fingerprint density at radius 1 is 1.33 bits per heavy atom. The summed E-state index contributed by atoms with van der Waals surface area (Å²) in [7, 11) is 3.71. The summed E-state index contributed by atoms with van der Waals surface area (Å²) in [6.07, 6.45) is 2.16. The molecule has 0 aliphatic heterocycles. The van der Waals surface area contributed by atoms with Crippen molar-refractivity contribution in [1.29, 1.82) is 0 Å². The Morgan fingerprint density at radius 3 is 2.39 bits per heavy atom. The quantitative estimate of drug-likeness (QED) is 0.305. The number of carbonyl (C=O) groups is 1. The second-order valence-electron chi connectivity index (χ2n) is 4.47. The first-order valence-electron chi connectivity index (χ1n) is 5.74. The van der Waals surface area contributed by atoms with Gasteiger partial charge in [0.15, 0.2) is 0 Å². The van der Waals surface area contributed by atoms with Crippen molar-refractivity contribution in [2.24, 2.45) is 0 Å². The molecule has 0 aliphatic carbocycles. The molecule has 0 spiro atoms. The molecule has 0 N–H and O–H groups in total. The smallest absolute Gasteiger partial charge is 0.389 e. The van der Waals surface area contributed by atoms with Crippen LogP contribution < -0.4 is 24.0 Å². The Labute approximate surface area is 126 Å². The van der Waals surface area contributed by atoms with E-state index in [0.717, 1.165) is 6.42 Å². The van der Waals surface area contributed by atoms with E-state index in [1.54, 1.807) is 0 Å². The normalized spacial score (nSPS) is 10.4. The van der Waals surface area contributed by atoms with Gasteiger partial charge >= 0.3 is 5.97 Å². The van der Waals surface area contributed by atoms with Gasteiger partial charge in [-0.25, -0.2) is 4.79 Å². The number of carbonyl (C=O) groups excluding carboxylic acids is 1. The minimum absolute atomic E-state index is 0.